The zero-order valence-electron chi connectivity index (χ0n) is 15.9. The van der Waals surface area contributed by atoms with Gasteiger partial charge in [-0.05, 0) is 51.1 Å². The van der Waals surface area contributed by atoms with E-state index in [0.717, 1.165) is 12.3 Å². The van der Waals surface area contributed by atoms with E-state index < -0.39 is 28.7 Å². The number of aliphatic imine (C=N–C) groups is 1. The fraction of sp³-hybridized carbons (Fsp3) is 0.350. The number of ether oxygens (including phenoxy) is 1. The molecule has 6 nitrogen and oxygen atoms in total. The largest absolute Gasteiger partial charge is 0.385 e. The van der Waals surface area contributed by atoms with Crippen LogP contribution in [0.1, 0.15) is 43.2 Å². The number of anilines is 1. The lowest BCUT2D eigenvalue weighted by molar-refractivity contribution is 0.0319. The van der Waals surface area contributed by atoms with Gasteiger partial charge in [0.05, 0.1) is 18.3 Å². The van der Waals surface area contributed by atoms with E-state index in [9.17, 15) is 13.6 Å². The Hall–Kier alpha value is -2.87. The highest BCUT2D eigenvalue weighted by molar-refractivity contribution is 6.02. The molecule has 1 aliphatic heterocycles. The Bertz CT molecular complexity index is 928. The van der Waals surface area contributed by atoms with Gasteiger partial charge in [0, 0.05) is 17.7 Å². The van der Waals surface area contributed by atoms with Gasteiger partial charge in [-0.25, -0.2) is 13.8 Å². The van der Waals surface area contributed by atoms with E-state index in [4.69, 9.17) is 10.5 Å². The Morgan fingerprint density at radius 3 is 2.64 bits per heavy atom. The standard InChI is InChI=1S/C20H22F2N4O2/c1-19(2)18(23)26-20(3,8-9-28-19)14-10-13(5-6-15(14)22)25-17(27)16-7-4-12(21)11-24-16/h4-7,10-11H,8-9H2,1-3H3,(H2,23,26)(H,25,27)/t20-/m0/s1. The lowest BCUT2D eigenvalue weighted by Crippen LogP contribution is -2.40. The first-order valence-electron chi connectivity index (χ1n) is 8.83. The minimum absolute atomic E-state index is 0.0466. The monoisotopic (exact) mass is 388 g/mol. The van der Waals surface area contributed by atoms with Crippen LogP contribution in [0, 0.1) is 11.6 Å². The highest BCUT2D eigenvalue weighted by atomic mass is 19.1. The van der Waals surface area contributed by atoms with Crippen molar-refractivity contribution in [2.24, 2.45) is 10.7 Å². The Labute approximate surface area is 161 Å². The van der Waals surface area contributed by atoms with Crippen LogP contribution in [0.25, 0.3) is 0 Å². The normalized spacial score (nSPS) is 21.5. The summed E-state index contributed by atoms with van der Waals surface area (Å²) in [5, 5.41) is 2.64. The topological polar surface area (TPSA) is 89.6 Å². The molecule has 8 heteroatoms. The molecular weight excluding hydrogens is 366 g/mol. The molecular formula is C20H22F2N4O2. The van der Waals surface area contributed by atoms with Gasteiger partial charge in [0.1, 0.15) is 28.8 Å². The number of rotatable bonds is 3. The Morgan fingerprint density at radius 1 is 1.21 bits per heavy atom. The number of pyridine rings is 1. The zero-order chi connectivity index (χ0) is 20.5. The van der Waals surface area contributed by atoms with Crippen molar-refractivity contribution in [3.05, 3.63) is 59.4 Å². The smallest absolute Gasteiger partial charge is 0.274 e. The minimum Gasteiger partial charge on any atom is -0.385 e. The van der Waals surface area contributed by atoms with Gasteiger partial charge in [-0.1, -0.05) is 0 Å². The number of nitrogens with one attached hydrogen (secondary N) is 1. The van der Waals surface area contributed by atoms with Crippen molar-refractivity contribution in [3.8, 4) is 0 Å². The van der Waals surface area contributed by atoms with Crippen molar-refractivity contribution in [2.45, 2.75) is 38.3 Å². The molecule has 1 atom stereocenters. The van der Waals surface area contributed by atoms with E-state index in [1.807, 2.05) is 0 Å². The van der Waals surface area contributed by atoms with Gasteiger partial charge < -0.3 is 15.8 Å². The third-order valence-electron chi connectivity index (χ3n) is 4.80. The van der Waals surface area contributed by atoms with Crippen LogP contribution in [0.4, 0.5) is 14.5 Å². The SMILES string of the molecule is CC1(C)OCC[C@@](C)(c2cc(NC(=O)c3ccc(F)cn3)ccc2F)N=C1N. The van der Waals surface area contributed by atoms with E-state index in [0.29, 0.717) is 24.3 Å². The molecule has 0 unspecified atom stereocenters. The third kappa shape index (κ3) is 4.01. The van der Waals surface area contributed by atoms with E-state index in [1.165, 1.54) is 24.3 Å². The first-order chi connectivity index (χ1) is 13.1. The Balaban J connectivity index is 1.92. The molecule has 1 aromatic heterocycles. The average Bonchev–Trinajstić information content (AvgIpc) is 2.73. The van der Waals surface area contributed by atoms with Crippen molar-refractivity contribution in [2.75, 3.05) is 11.9 Å². The number of halogens is 2. The minimum atomic E-state index is -0.948. The van der Waals surface area contributed by atoms with Gasteiger partial charge >= 0.3 is 0 Å². The van der Waals surface area contributed by atoms with Gasteiger partial charge in [0.15, 0.2) is 0 Å². The molecule has 1 amide bonds. The third-order valence-corrected chi connectivity index (χ3v) is 4.80. The maximum absolute atomic E-state index is 14.6. The van der Waals surface area contributed by atoms with E-state index in [1.54, 1.807) is 20.8 Å². The van der Waals surface area contributed by atoms with Crippen molar-refractivity contribution >= 4 is 17.4 Å². The van der Waals surface area contributed by atoms with E-state index in [2.05, 4.69) is 15.3 Å². The van der Waals surface area contributed by atoms with Gasteiger partial charge in [0.2, 0.25) is 0 Å². The molecule has 3 N–H and O–H groups in total. The van der Waals surface area contributed by atoms with E-state index >= 15 is 0 Å². The molecule has 0 aliphatic carbocycles. The molecule has 3 rings (SSSR count). The van der Waals surface area contributed by atoms with Crippen molar-refractivity contribution in [1.82, 2.24) is 4.98 Å². The lowest BCUT2D eigenvalue weighted by atomic mass is 9.88. The summed E-state index contributed by atoms with van der Waals surface area (Å²) >= 11 is 0. The van der Waals surface area contributed by atoms with Crippen LogP contribution in [0.15, 0.2) is 41.5 Å². The second kappa shape index (κ2) is 7.27. The summed E-state index contributed by atoms with van der Waals surface area (Å²) < 4.78 is 33.3. The molecule has 0 bridgehead atoms. The number of aromatic nitrogens is 1. The second-order valence-corrected chi connectivity index (χ2v) is 7.39. The highest BCUT2D eigenvalue weighted by Crippen LogP contribution is 2.36. The fourth-order valence-corrected chi connectivity index (χ4v) is 2.95. The predicted molar refractivity (Wildman–Crippen MR) is 102 cm³/mol. The highest BCUT2D eigenvalue weighted by Gasteiger charge is 2.36. The first kappa shape index (κ1) is 19.9. The molecule has 0 fully saturated rings. The molecule has 0 spiro atoms. The van der Waals surface area contributed by atoms with Crippen LogP contribution in [0.5, 0.6) is 0 Å². The Kier molecular flexibility index (Phi) is 5.16. The molecule has 0 radical (unpaired) electrons. The van der Waals surface area contributed by atoms with E-state index in [-0.39, 0.29) is 11.5 Å². The maximum Gasteiger partial charge on any atom is 0.274 e. The summed E-state index contributed by atoms with van der Waals surface area (Å²) in [6.45, 7) is 5.74. The van der Waals surface area contributed by atoms with Crippen LogP contribution >= 0.6 is 0 Å². The molecule has 148 valence electrons. The number of nitrogens with zero attached hydrogens (tertiary/aromatic N) is 2. The number of hydrogen-bond acceptors (Lipinski definition) is 5. The number of nitrogens with two attached hydrogens (primary N) is 1. The number of amides is 1. The van der Waals surface area contributed by atoms with Crippen LogP contribution in [-0.4, -0.2) is 28.9 Å². The summed E-state index contributed by atoms with van der Waals surface area (Å²) in [7, 11) is 0. The second-order valence-electron chi connectivity index (χ2n) is 7.39. The van der Waals surface area contributed by atoms with Gasteiger partial charge in [0.25, 0.3) is 5.91 Å². The molecule has 2 heterocycles. The van der Waals surface area contributed by atoms with Gasteiger partial charge in [-0.2, -0.15) is 0 Å². The van der Waals surface area contributed by atoms with Crippen LogP contribution in [-0.2, 0) is 10.3 Å². The first-order valence-corrected chi connectivity index (χ1v) is 8.83. The number of amidine groups is 1. The maximum atomic E-state index is 14.6. The molecule has 0 saturated carbocycles. The number of benzene rings is 1. The molecule has 1 aromatic carbocycles. The lowest BCUT2D eigenvalue weighted by Gasteiger charge is -2.26. The molecule has 2 aromatic rings. The number of hydrogen-bond donors (Lipinski definition) is 2. The number of carbonyl (C=O) groups is 1. The average molecular weight is 388 g/mol. The van der Waals surface area contributed by atoms with Gasteiger partial charge in [-0.15, -0.1) is 0 Å². The summed E-state index contributed by atoms with van der Waals surface area (Å²) in [4.78, 5) is 20.6. The van der Waals surface area contributed by atoms with Crippen molar-refractivity contribution in [1.29, 1.82) is 0 Å². The quantitative estimate of drug-likeness (QED) is 0.844. The fourth-order valence-electron chi connectivity index (χ4n) is 2.95. The Morgan fingerprint density at radius 2 is 1.96 bits per heavy atom. The summed E-state index contributed by atoms with van der Waals surface area (Å²) in [5.41, 5.74) is 5.09. The van der Waals surface area contributed by atoms with Crippen molar-refractivity contribution < 1.29 is 18.3 Å². The summed E-state index contributed by atoms with van der Waals surface area (Å²) in [6, 6.07) is 6.63. The van der Waals surface area contributed by atoms with Crippen LogP contribution < -0.4 is 11.1 Å². The van der Waals surface area contributed by atoms with Gasteiger partial charge in [-0.3, -0.25) is 9.79 Å². The predicted octanol–water partition coefficient (Wildman–Crippen LogP) is 3.38. The van der Waals surface area contributed by atoms with Crippen molar-refractivity contribution in [3.63, 3.8) is 0 Å². The number of carbonyl (C=O) groups excluding carboxylic acids is 1. The summed E-state index contributed by atoms with van der Waals surface area (Å²) in [5.74, 6) is -1.26. The van der Waals surface area contributed by atoms with Crippen LogP contribution in [0.3, 0.4) is 0 Å². The zero-order valence-corrected chi connectivity index (χ0v) is 15.9. The summed E-state index contributed by atoms with van der Waals surface area (Å²) in [6.07, 6.45) is 1.38. The molecule has 0 saturated heterocycles. The molecule has 1 aliphatic rings. The van der Waals surface area contributed by atoms with Crippen LogP contribution in [0.2, 0.25) is 0 Å². The molecule has 28 heavy (non-hydrogen) atoms.